The summed E-state index contributed by atoms with van der Waals surface area (Å²) in [5, 5.41) is 20.3. The molecule has 0 aromatic carbocycles. The summed E-state index contributed by atoms with van der Waals surface area (Å²) in [7, 11) is 0. The highest BCUT2D eigenvalue weighted by molar-refractivity contribution is 7.18. The molecule has 0 amide bonds. The van der Waals surface area contributed by atoms with Crippen molar-refractivity contribution in [2.24, 2.45) is 0 Å². The Kier molecular flexibility index (Phi) is 5.84. The van der Waals surface area contributed by atoms with E-state index in [4.69, 9.17) is 5.11 Å². The molecule has 3 aromatic heterocycles. The van der Waals surface area contributed by atoms with Crippen LogP contribution in [0.5, 0.6) is 0 Å². The number of piperazine rings is 2. The Labute approximate surface area is 185 Å². The maximum Gasteiger partial charge on any atom is 0.151 e. The zero-order valence-corrected chi connectivity index (χ0v) is 18.6. The summed E-state index contributed by atoms with van der Waals surface area (Å²) in [4.78, 5) is 18.2. The van der Waals surface area contributed by atoms with E-state index in [2.05, 4.69) is 64.2 Å². The number of nitrogens with zero attached hydrogens (tertiary/aromatic N) is 8. The van der Waals surface area contributed by atoms with E-state index in [1.165, 1.54) is 10.3 Å². The second-order valence-corrected chi connectivity index (χ2v) is 8.95. The summed E-state index contributed by atoms with van der Waals surface area (Å²) in [6, 6.07) is 4.17. The van der Waals surface area contributed by atoms with Crippen LogP contribution in [0.4, 0.5) is 17.5 Å². The summed E-state index contributed by atoms with van der Waals surface area (Å²) in [6.07, 6.45) is 1.68. The first-order valence-corrected chi connectivity index (χ1v) is 11.7. The predicted molar refractivity (Wildman–Crippen MR) is 124 cm³/mol. The summed E-state index contributed by atoms with van der Waals surface area (Å²) >= 11 is 1.73. The molecule has 10 heteroatoms. The molecule has 0 bridgehead atoms. The number of fused-ring (bicyclic) bond motifs is 1. The number of hydrogen-bond acceptors (Lipinski definition) is 10. The Morgan fingerprint density at radius 2 is 1.48 bits per heavy atom. The molecule has 5 heterocycles. The van der Waals surface area contributed by atoms with Crippen LogP contribution in [0, 0.1) is 6.92 Å². The van der Waals surface area contributed by atoms with Crippen LogP contribution in [-0.4, -0.2) is 95.7 Å². The van der Waals surface area contributed by atoms with E-state index in [9.17, 15) is 0 Å². The van der Waals surface area contributed by atoms with E-state index in [1.807, 2.05) is 0 Å². The Bertz CT molecular complexity index is 1010. The fourth-order valence-electron chi connectivity index (χ4n) is 4.33. The molecule has 164 valence electrons. The topological polar surface area (TPSA) is 84.8 Å². The monoisotopic (exact) mass is 440 g/mol. The smallest absolute Gasteiger partial charge is 0.151 e. The van der Waals surface area contributed by atoms with E-state index >= 15 is 0 Å². The quantitative estimate of drug-likeness (QED) is 0.630. The number of thiophene rings is 1. The number of aliphatic hydroxyl groups is 1. The molecular weight excluding hydrogens is 412 g/mol. The SMILES string of the molecule is Cc1csc2c(N3CCN(c4ccc(N5CCN(CCO)CC5)nn4)CC3)ncnc12. The Morgan fingerprint density at radius 1 is 0.871 bits per heavy atom. The normalized spacial score (nSPS) is 18.2. The van der Waals surface area contributed by atoms with Gasteiger partial charge in [-0.2, -0.15) is 0 Å². The van der Waals surface area contributed by atoms with Crippen molar-refractivity contribution in [2.75, 3.05) is 80.2 Å². The lowest BCUT2D eigenvalue weighted by molar-refractivity contribution is 0.188. The van der Waals surface area contributed by atoms with E-state index < -0.39 is 0 Å². The van der Waals surface area contributed by atoms with Crippen molar-refractivity contribution in [3.8, 4) is 0 Å². The third kappa shape index (κ3) is 4.15. The zero-order valence-electron chi connectivity index (χ0n) is 17.8. The second-order valence-electron chi connectivity index (χ2n) is 8.07. The van der Waals surface area contributed by atoms with Gasteiger partial charge < -0.3 is 19.8 Å². The number of aromatic nitrogens is 4. The molecule has 0 radical (unpaired) electrons. The van der Waals surface area contributed by atoms with Crippen molar-refractivity contribution < 1.29 is 5.11 Å². The second kappa shape index (κ2) is 8.89. The van der Waals surface area contributed by atoms with Crippen molar-refractivity contribution in [3.63, 3.8) is 0 Å². The minimum atomic E-state index is 0.219. The molecule has 0 spiro atoms. The minimum Gasteiger partial charge on any atom is -0.395 e. The van der Waals surface area contributed by atoms with Crippen molar-refractivity contribution in [2.45, 2.75) is 6.92 Å². The number of anilines is 3. The number of hydrogen-bond donors (Lipinski definition) is 1. The number of aryl methyl sites for hydroxylation is 1. The van der Waals surface area contributed by atoms with Gasteiger partial charge >= 0.3 is 0 Å². The van der Waals surface area contributed by atoms with Gasteiger partial charge in [-0.15, -0.1) is 21.5 Å². The minimum absolute atomic E-state index is 0.219. The highest BCUT2D eigenvalue weighted by Gasteiger charge is 2.23. The molecule has 2 saturated heterocycles. The molecule has 2 fully saturated rings. The van der Waals surface area contributed by atoms with Gasteiger partial charge in [-0.25, -0.2) is 9.97 Å². The van der Waals surface area contributed by atoms with Crippen LogP contribution < -0.4 is 14.7 Å². The van der Waals surface area contributed by atoms with E-state index in [0.29, 0.717) is 0 Å². The number of β-amino-alcohol motifs (C(OH)–C–C–N with tert-alkyl or cyclic N) is 1. The maximum absolute atomic E-state index is 9.09. The van der Waals surface area contributed by atoms with Crippen molar-refractivity contribution in [1.82, 2.24) is 25.1 Å². The molecule has 9 nitrogen and oxygen atoms in total. The predicted octanol–water partition coefficient (Wildman–Crippen LogP) is 1.23. The highest BCUT2D eigenvalue weighted by Crippen LogP contribution is 2.31. The number of rotatable bonds is 5. The Morgan fingerprint density at radius 3 is 2.10 bits per heavy atom. The largest absolute Gasteiger partial charge is 0.395 e. The molecule has 0 atom stereocenters. The molecule has 3 aromatic rings. The zero-order chi connectivity index (χ0) is 21.2. The molecular formula is C21H28N8OS. The first kappa shape index (κ1) is 20.3. The van der Waals surface area contributed by atoms with Gasteiger partial charge in [0.2, 0.25) is 0 Å². The lowest BCUT2D eigenvalue weighted by Gasteiger charge is -2.36. The van der Waals surface area contributed by atoms with Crippen LogP contribution in [0.2, 0.25) is 0 Å². The first-order chi connectivity index (χ1) is 15.2. The van der Waals surface area contributed by atoms with Gasteiger partial charge in [-0.05, 0) is 30.0 Å². The lowest BCUT2D eigenvalue weighted by Crippen LogP contribution is -2.48. The number of aliphatic hydroxyl groups excluding tert-OH is 1. The molecule has 5 rings (SSSR count). The van der Waals surface area contributed by atoms with Gasteiger partial charge in [0.15, 0.2) is 11.6 Å². The molecule has 0 unspecified atom stereocenters. The average Bonchev–Trinajstić information content (AvgIpc) is 3.21. The molecule has 2 aliphatic heterocycles. The van der Waals surface area contributed by atoms with Crippen molar-refractivity contribution in [1.29, 1.82) is 0 Å². The Balaban J connectivity index is 1.20. The van der Waals surface area contributed by atoms with Crippen LogP contribution >= 0.6 is 11.3 Å². The van der Waals surface area contributed by atoms with E-state index in [-0.39, 0.29) is 6.61 Å². The van der Waals surface area contributed by atoms with Gasteiger partial charge in [-0.1, -0.05) is 0 Å². The van der Waals surface area contributed by atoms with Gasteiger partial charge in [0.1, 0.15) is 12.1 Å². The summed E-state index contributed by atoms with van der Waals surface area (Å²) < 4.78 is 1.18. The third-order valence-corrected chi connectivity index (χ3v) is 7.25. The van der Waals surface area contributed by atoms with Gasteiger partial charge in [0.05, 0.1) is 16.8 Å². The molecule has 31 heavy (non-hydrogen) atoms. The fourth-order valence-corrected chi connectivity index (χ4v) is 5.35. The van der Waals surface area contributed by atoms with Crippen molar-refractivity contribution >= 4 is 39.0 Å². The standard InChI is InChI=1S/C21H28N8OS/c1-16-14-31-20-19(16)22-15-23-21(20)29-10-8-28(9-11-29)18-3-2-17(24-25-18)27-6-4-26(5-7-27)12-13-30/h2-3,14-15,30H,4-13H2,1H3. The van der Waals surface area contributed by atoms with Gasteiger partial charge in [-0.3, -0.25) is 4.90 Å². The average molecular weight is 441 g/mol. The summed E-state index contributed by atoms with van der Waals surface area (Å²) in [6.45, 7) is 10.4. The molecule has 2 aliphatic rings. The highest BCUT2D eigenvalue weighted by atomic mass is 32.1. The van der Waals surface area contributed by atoms with Crippen LogP contribution in [-0.2, 0) is 0 Å². The van der Waals surface area contributed by atoms with Crippen LogP contribution in [0.1, 0.15) is 5.56 Å². The third-order valence-electron chi connectivity index (χ3n) is 6.16. The van der Waals surface area contributed by atoms with E-state index in [0.717, 1.165) is 81.9 Å². The summed E-state index contributed by atoms with van der Waals surface area (Å²) in [5.74, 6) is 2.91. The maximum atomic E-state index is 9.09. The Hall–Kier alpha value is -2.56. The van der Waals surface area contributed by atoms with E-state index in [1.54, 1.807) is 17.7 Å². The lowest BCUT2D eigenvalue weighted by atomic mass is 10.2. The van der Waals surface area contributed by atoms with Crippen LogP contribution in [0.15, 0.2) is 23.8 Å². The molecule has 0 aliphatic carbocycles. The molecule has 0 saturated carbocycles. The van der Waals surface area contributed by atoms with Crippen LogP contribution in [0.3, 0.4) is 0 Å². The van der Waals surface area contributed by atoms with Crippen LogP contribution in [0.25, 0.3) is 10.2 Å². The molecule has 1 N–H and O–H groups in total. The fraction of sp³-hybridized carbons (Fsp3) is 0.524. The first-order valence-electron chi connectivity index (χ1n) is 10.8. The summed E-state index contributed by atoms with van der Waals surface area (Å²) in [5.41, 5.74) is 2.28. The van der Waals surface area contributed by atoms with Gasteiger partial charge in [0, 0.05) is 58.9 Å². The van der Waals surface area contributed by atoms with Gasteiger partial charge in [0.25, 0.3) is 0 Å². The van der Waals surface area contributed by atoms with Crippen molar-refractivity contribution in [3.05, 3.63) is 29.4 Å².